The molecule has 1 aliphatic carbocycles. The maximum atomic E-state index is 11.6. The zero-order chi connectivity index (χ0) is 14.3. The number of carbonyl (C=O) groups excluding carboxylic acids is 1. The SMILES string of the molecule is CCOC(=O)C1CCC(NCC(O)C(C)CC)CC1. The molecule has 1 fully saturated rings. The lowest BCUT2D eigenvalue weighted by Gasteiger charge is -2.29. The monoisotopic (exact) mass is 271 g/mol. The van der Waals surface area contributed by atoms with Gasteiger partial charge in [0.15, 0.2) is 0 Å². The first-order chi connectivity index (χ1) is 9.08. The predicted octanol–water partition coefficient (Wildman–Crippen LogP) is 2.10. The number of rotatable bonds is 7. The Balaban J connectivity index is 2.21. The van der Waals surface area contributed by atoms with Crippen molar-refractivity contribution in [3.05, 3.63) is 0 Å². The van der Waals surface area contributed by atoms with Crippen molar-refractivity contribution in [3.8, 4) is 0 Å². The minimum atomic E-state index is -0.271. The Kier molecular flexibility index (Phi) is 7.39. The zero-order valence-electron chi connectivity index (χ0n) is 12.5. The van der Waals surface area contributed by atoms with Gasteiger partial charge in [0, 0.05) is 12.6 Å². The molecule has 0 aromatic rings. The van der Waals surface area contributed by atoms with Gasteiger partial charge in [-0.2, -0.15) is 0 Å². The van der Waals surface area contributed by atoms with E-state index in [2.05, 4.69) is 19.2 Å². The third-order valence-electron chi connectivity index (χ3n) is 4.26. The Morgan fingerprint density at radius 2 is 1.95 bits per heavy atom. The molecule has 112 valence electrons. The van der Waals surface area contributed by atoms with Crippen LogP contribution in [0.5, 0.6) is 0 Å². The average Bonchev–Trinajstić information content (AvgIpc) is 2.44. The molecule has 1 rings (SSSR count). The molecule has 0 bridgehead atoms. The standard InChI is InChI=1S/C15H29NO3/c1-4-11(3)14(17)10-16-13-8-6-12(7-9-13)15(18)19-5-2/h11-14,16-17H,4-10H2,1-3H3. The summed E-state index contributed by atoms with van der Waals surface area (Å²) in [5, 5.41) is 13.3. The molecule has 2 unspecified atom stereocenters. The molecule has 1 aliphatic rings. The summed E-state index contributed by atoms with van der Waals surface area (Å²) < 4.78 is 5.06. The largest absolute Gasteiger partial charge is 0.466 e. The van der Waals surface area contributed by atoms with Crippen LogP contribution in [0.15, 0.2) is 0 Å². The molecule has 2 atom stereocenters. The Morgan fingerprint density at radius 3 is 2.47 bits per heavy atom. The van der Waals surface area contributed by atoms with Gasteiger partial charge in [-0.15, -0.1) is 0 Å². The highest BCUT2D eigenvalue weighted by atomic mass is 16.5. The van der Waals surface area contributed by atoms with Crippen molar-refractivity contribution in [1.82, 2.24) is 5.32 Å². The number of hydrogen-bond donors (Lipinski definition) is 2. The van der Waals surface area contributed by atoms with Crippen LogP contribution in [0.1, 0.15) is 52.9 Å². The molecule has 19 heavy (non-hydrogen) atoms. The molecule has 0 spiro atoms. The number of ether oxygens (including phenoxy) is 1. The molecular formula is C15H29NO3. The molecule has 0 aliphatic heterocycles. The van der Waals surface area contributed by atoms with Crippen molar-refractivity contribution >= 4 is 5.97 Å². The van der Waals surface area contributed by atoms with E-state index in [-0.39, 0.29) is 18.0 Å². The maximum absolute atomic E-state index is 11.6. The number of aliphatic hydroxyl groups is 1. The highest BCUT2D eigenvalue weighted by molar-refractivity contribution is 5.72. The van der Waals surface area contributed by atoms with E-state index >= 15 is 0 Å². The number of nitrogens with one attached hydrogen (secondary N) is 1. The second-order valence-electron chi connectivity index (χ2n) is 5.66. The van der Waals surface area contributed by atoms with Gasteiger partial charge in [0.05, 0.1) is 18.6 Å². The van der Waals surface area contributed by atoms with Crippen molar-refractivity contribution < 1.29 is 14.6 Å². The first kappa shape index (κ1) is 16.4. The van der Waals surface area contributed by atoms with Crippen LogP contribution in [-0.4, -0.2) is 36.4 Å². The Hall–Kier alpha value is -0.610. The number of aliphatic hydroxyl groups excluding tert-OH is 1. The molecule has 0 saturated heterocycles. The first-order valence-corrected chi connectivity index (χ1v) is 7.66. The quantitative estimate of drug-likeness (QED) is 0.696. The van der Waals surface area contributed by atoms with E-state index in [1.165, 1.54) is 0 Å². The lowest BCUT2D eigenvalue weighted by Crippen LogP contribution is -2.40. The molecule has 0 aromatic carbocycles. The van der Waals surface area contributed by atoms with Crippen molar-refractivity contribution in [1.29, 1.82) is 0 Å². The average molecular weight is 271 g/mol. The van der Waals surface area contributed by atoms with Gasteiger partial charge in [0.1, 0.15) is 0 Å². The fourth-order valence-corrected chi connectivity index (χ4v) is 2.55. The normalized spacial score (nSPS) is 26.7. The van der Waals surface area contributed by atoms with E-state index in [4.69, 9.17) is 4.74 Å². The highest BCUT2D eigenvalue weighted by Gasteiger charge is 2.27. The van der Waals surface area contributed by atoms with E-state index in [1.54, 1.807) is 0 Å². The van der Waals surface area contributed by atoms with Crippen LogP contribution in [-0.2, 0) is 9.53 Å². The number of esters is 1. The van der Waals surface area contributed by atoms with E-state index in [1.807, 2.05) is 6.92 Å². The van der Waals surface area contributed by atoms with Crippen molar-refractivity contribution in [2.24, 2.45) is 11.8 Å². The van der Waals surface area contributed by atoms with Crippen molar-refractivity contribution in [3.63, 3.8) is 0 Å². The van der Waals surface area contributed by atoms with Crippen LogP contribution < -0.4 is 5.32 Å². The third-order valence-corrected chi connectivity index (χ3v) is 4.26. The van der Waals surface area contributed by atoms with Gasteiger partial charge < -0.3 is 15.2 Å². The Morgan fingerprint density at radius 1 is 1.32 bits per heavy atom. The summed E-state index contributed by atoms with van der Waals surface area (Å²) in [4.78, 5) is 11.6. The summed E-state index contributed by atoms with van der Waals surface area (Å²) in [5.74, 6) is 0.376. The predicted molar refractivity (Wildman–Crippen MR) is 75.8 cm³/mol. The summed E-state index contributed by atoms with van der Waals surface area (Å²) in [5.41, 5.74) is 0. The summed E-state index contributed by atoms with van der Waals surface area (Å²) in [6.07, 6.45) is 4.52. The molecule has 2 N–H and O–H groups in total. The van der Waals surface area contributed by atoms with Gasteiger partial charge in [0.25, 0.3) is 0 Å². The highest BCUT2D eigenvalue weighted by Crippen LogP contribution is 2.25. The molecule has 0 amide bonds. The van der Waals surface area contributed by atoms with Gasteiger partial charge in [-0.05, 0) is 38.5 Å². The van der Waals surface area contributed by atoms with Crippen LogP contribution in [0.25, 0.3) is 0 Å². The van der Waals surface area contributed by atoms with Gasteiger partial charge in [-0.1, -0.05) is 20.3 Å². The van der Waals surface area contributed by atoms with Crippen LogP contribution in [0, 0.1) is 11.8 Å². The molecule has 1 saturated carbocycles. The lowest BCUT2D eigenvalue weighted by atomic mass is 9.86. The Bertz CT molecular complexity index is 262. The lowest BCUT2D eigenvalue weighted by molar-refractivity contribution is -0.149. The summed E-state index contributed by atoms with van der Waals surface area (Å²) in [7, 11) is 0. The van der Waals surface area contributed by atoms with Crippen LogP contribution in [0.3, 0.4) is 0 Å². The van der Waals surface area contributed by atoms with E-state index in [0.29, 0.717) is 25.1 Å². The second kappa shape index (κ2) is 8.54. The van der Waals surface area contributed by atoms with Gasteiger partial charge in [0.2, 0.25) is 0 Å². The molecule has 0 radical (unpaired) electrons. The first-order valence-electron chi connectivity index (χ1n) is 7.66. The van der Waals surface area contributed by atoms with Crippen LogP contribution in [0.4, 0.5) is 0 Å². The smallest absolute Gasteiger partial charge is 0.308 e. The fraction of sp³-hybridized carbons (Fsp3) is 0.933. The number of hydrogen-bond acceptors (Lipinski definition) is 4. The topological polar surface area (TPSA) is 58.6 Å². The molecule has 0 heterocycles. The molecule has 4 nitrogen and oxygen atoms in total. The van der Waals surface area contributed by atoms with E-state index in [0.717, 1.165) is 32.1 Å². The zero-order valence-corrected chi connectivity index (χ0v) is 12.5. The van der Waals surface area contributed by atoms with Crippen molar-refractivity contribution in [2.45, 2.75) is 65.0 Å². The fourth-order valence-electron chi connectivity index (χ4n) is 2.55. The van der Waals surface area contributed by atoms with Gasteiger partial charge in [-0.25, -0.2) is 0 Å². The molecular weight excluding hydrogens is 242 g/mol. The minimum Gasteiger partial charge on any atom is -0.466 e. The van der Waals surface area contributed by atoms with Crippen LogP contribution >= 0.6 is 0 Å². The Labute approximate surface area is 116 Å². The second-order valence-corrected chi connectivity index (χ2v) is 5.66. The number of carbonyl (C=O) groups is 1. The van der Waals surface area contributed by atoms with Crippen molar-refractivity contribution in [2.75, 3.05) is 13.2 Å². The summed E-state index contributed by atoms with van der Waals surface area (Å²) in [6.45, 7) is 7.14. The summed E-state index contributed by atoms with van der Waals surface area (Å²) in [6, 6.07) is 0.435. The third kappa shape index (κ3) is 5.49. The molecule has 4 heteroatoms. The summed E-state index contributed by atoms with van der Waals surface area (Å²) >= 11 is 0. The van der Waals surface area contributed by atoms with E-state index in [9.17, 15) is 9.90 Å². The molecule has 0 aromatic heterocycles. The van der Waals surface area contributed by atoms with Gasteiger partial charge in [-0.3, -0.25) is 4.79 Å². The van der Waals surface area contributed by atoms with Gasteiger partial charge >= 0.3 is 5.97 Å². The maximum Gasteiger partial charge on any atom is 0.308 e. The van der Waals surface area contributed by atoms with Crippen LogP contribution in [0.2, 0.25) is 0 Å². The minimum absolute atomic E-state index is 0.0411. The van der Waals surface area contributed by atoms with E-state index < -0.39 is 0 Å².